The SMILES string of the molecule is CC(CCN(C)c1ccccc1)CC1=CN(C)CCN1C. The molecule has 0 radical (unpaired) electrons. The molecule has 0 fully saturated rings. The molecule has 0 aliphatic carbocycles. The van der Waals surface area contributed by atoms with Crippen molar-refractivity contribution in [3.8, 4) is 0 Å². The fourth-order valence-electron chi connectivity index (χ4n) is 2.76. The number of benzene rings is 1. The molecule has 1 aromatic carbocycles. The van der Waals surface area contributed by atoms with Gasteiger partial charge in [0, 0.05) is 58.4 Å². The third-order valence-electron chi connectivity index (χ3n) is 4.36. The fourth-order valence-corrected chi connectivity index (χ4v) is 2.76. The van der Waals surface area contributed by atoms with Crippen LogP contribution in [0.25, 0.3) is 0 Å². The quantitative estimate of drug-likeness (QED) is 0.795. The van der Waals surface area contributed by atoms with Crippen molar-refractivity contribution >= 4 is 5.69 Å². The van der Waals surface area contributed by atoms with Gasteiger partial charge in [-0.05, 0) is 30.9 Å². The molecule has 3 nitrogen and oxygen atoms in total. The van der Waals surface area contributed by atoms with Crippen molar-refractivity contribution in [3.05, 3.63) is 42.2 Å². The Hall–Kier alpha value is -1.64. The highest BCUT2D eigenvalue weighted by molar-refractivity contribution is 5.44. The molecule has 0 amide bonds. The van der Waals surface area contributed by atoms with Crippen LogP contribution >= 0.6 is 0 Å². The molecule has 0 aromatic heterocycles. The summed E-state index contributed by atoms with van der Waals surface area (Å²) in [6.45, 7) is 5.74. The van der Waals surface area contributed by atoms with Crippen molar-refractivity contribution in [1.29, 1.82) is 0 Å². The first-order valence-electron chi connectivity index (χ1n) is 7.94. The van der Waals surface area contributed by atoms with Gasteiger partial charge >= 0.3 is 0 Å². The summed E-state index contributed by atoms with van der Waals surface area (Å²) in [5.41, 5.74) is 2.78. The largest absolute Gasteiger partial charge is 0.377 e. The first-order valence-corrected chi connectivity index (χ1v) is 7.94. The highest BCUT2D eigenvalue weighted by atomic mass is 15.2. The molecular weight excluding hydrogens is 258 g/mol. The predicted molar refractivity (Wildman–Crippen MR) is 91.5 cm³/mol. The molecule has 0 saturated heterocycles. The van der Waals surface area contributed by atoms with Crippen molar-refractivity contribution in [1.82, 2.24) is 9.80 Å². The van der Waals surface area contributed by atoms with Gasteiger partial charge in [-0.25, -0.2) is 0 Å². The standard InChI is InChI=1S/C18H29N3/c1-16(14-18-15-19(2)12-13-21(18)4)10-11-20(3)17-8-6-5-7-9-17/h5-9,15-16H,10-14H2,1-4H3. The summed E-state index contributed by atoms with van der Waals surface area (Å²) in [7, 11) is 6.56. The van der Waals surface area contributed by atoms with E-state index < -0.39 is 0 Å². The first kappa shape index (κ1) is 15.7. The molecule has 3 heteroatoms. The van der Waals surface area contributed by atoms with E-state index in [2.05, 4.69) is 79.3 Å². The summed E-state index contributed by atoms with van der Waals surface area (Å²) in [6.07, 6.45) is 4.70. The zero-order valence-corrected chi connectivity index (χ0v) is 13.9. The Labute approximate surface area is 129 Å². The smallest absolute Gasteiger partial charge is 0.0363 e. The number of anilines is 1. The second-order valence-electron chi connectivity index (χ2n) is 6.38. The maximum atomic E-state index is 2.40. The normalized spacial score (nSPS) is 16.7. The molecule has 0 N–H and O–H groups in total. The van der Waals surface area contributed by atoms with Crippen LogP contribution in [0, 0.1) is 5.92 Å². The molecule has 1 aromatic rings. The molecule has 2 rings (SSSR count). The molecular formula is C18H29N3. The van der Waals surface area contributed by atoms with E-state index in [0.717, 1.165) is 19.6 Å². The molecule has 1 aliphatic heterocycles. The van der Waals surface area contributed by atoms with Crippen LogP contribution in [-0.4, -0.2) is 50.6 Å². The Kier molecular flexibility index (Phi) is 5.54. The topological polar surface area (TPSA) is 9.72 Å². The Balaban J connectivity index is 1.81. The second kappa shape index (κ2) is 7.39. The lowest BCUT2D eigenvalue weighted by molar-refractivity contribution is 0.280. The Morgan fingerprint density at radius 1 is 1.14 bits per heavy atom. The number of likely N-dealkylation sites (N-methyl/N-ethyl adjacent to an activating group) is 2. The molecule has 1 aliphatic rings. The molecule has 0 spiro atoms. The average molecular weight is 287 g/mol. The van der Waals surface area contributed by atoms with Crippen LogP contribution < -0.4 is 4.90 Å². The minimum absolute atomic E-state index is 0.705. The van der Waals surface area contributed by atoms with E-state index in [1.54, 1.807) is 0 Å². The molecule has 1 unspecified atom stereocenters. The summed E-state index contributed by atoms with van der Waals surface area (Å²) < 4.78 is 0. The number of nitrogens with zero attached hydrogens (tertiary/aromatic N) is 3. The Morgan fingerprint density at radius 3 is 2.57 bits per heavy atom. The molecule has 0 bridgehead atoms. The summed E-state index contributed by atoms with van der Waals surface area (Å²) >= 11 is 0. The van der Waals surface area contributed by atoms with Gasteiger partial charge in [0.2, 0.25) is 0 Å². The van der Waals surface area contributed by atoms with Crippen LogP contribution in [0.5, 0.6) is 0 Å². The van der Waals surface area contributed by atoms with Crippen LogP contribution in [0.2, 0.25) is 0 Å². The van der Waals surface area contributed by atoms with E-state index in [0.29, 0.717) is 5.92 Å². The van der Waals surface area contributed by atoms with Gasteiger partial charge in [-0.1, -0.05) is 25.1 Å². The van der Waals surface area contributed by atoms with Gasteiger partial charge in [-0.3, -0.25) is 0 Å². The van der Waals surface area contributed by atoms with Gasteiger partial charge in [-0.2, -0.15) is 0 Å². The van der Waals surface area contributed by atoms with E-state index in [4.69, 9.17) is 0 Å². The fraction of sp³-hybridized carbons (Fsp3) is 0.556. The van der Waals surface area contributed by atoms with Crippen molar-refractivity contribution in [3.63, 3.8) is 0 Å². The summed E-state index contributed by atoms with van der Waals surface area (Å²) in [6, 6.07) is 10.6. The van der Waals surface area contributed by atoms with Crippen LogP contribution in [-0.2, 0) is 0 Å². The minimum Gasteiger partial charge on any atom is -0.377 e. The number of hydrogen-bond donors (Lipinski definition) is 0. The Morgan fingerprint density at radius 2 is 1.86 bits per heavy atom. The average Bonchev–Trinajstić information content (AvgIpc) is 2.49. The van der Waals surface area contributed by atoms with Crippen LogP contribution in [0.4, 0.5) is 5.69 Å². The summed E-state index contributed by atoms with van der Waals surface area (Å²) in [5, 5.41) is 0. The summed E-state index contributed by atoms with van der Waals surface area (Å²) in [4.78, 5) is 7.05. The Bertz CT molecular complexity index is 455. The number of hydrogen-bond acceptors (Lipinski definition) is 3. The first-order chi connectivity index (χ1) is 10.1. The lowest BCUT2D eigenvalue weighted by Gasteiger charge is -2.33. The van der Waals surface area contributed by atoms with Gasteiger partial charge in [0.05, 0.1) is 0 Å². The minimum atomic E-state index is 0.705. The van der Waals surface area contributed by atoms with Gasteiger partial charge in [0.25, 0.3) is 0 Å². The number of allylic oxidation sites excluding steroid dienone is 1. The second-order valence-corrected chi connectivity index (χ2v) is 6.38. The molecule has 1 atom stereocenters. The maximum Gasteiger partial charge on any atom is 0.0363 e. The van der Waals surface area contributed by atoms with Crippen LogP contribution in [0.1, 0.15) is 19.8 Å². The molecule has 21 heavy (non-hydrogen) atoms. The zero-order valence-electron chi connectivity index (χ0n) is 13.9. The van der Waals surface area contributed by atoms with Crippen molar-refractivity contribution < 1.29 is 0 Å². The van der Waals surface area contributed by atoms with E-state index in [-0.39, 0.29) is 0 Å². The van der Waals surface area contributed by atoms with E-state index >= 15 is 0 Å². The number of para-hydroxylation sites is 1. The van der Waals surface area contributed by atoms with Crippen molar-refractivity contribution in [2.24, 2.45) is 5.92 Å². The van der Waals surface area contributed by atoms with Crippen LogP contribution in [0.15, 0.2) is 42.2 Å². The highest BCUT2D eigenvalue weighted by Crippen LogP contribution is 2.21. The monoisotopic (exact) mass is 287 g/mol. The van der Waals surface area contributed by atoms with Crippen LogP contribution in [0.3, 0.4) is 0 Å². The van der Waals surface area contributed by atoms with E-state index in [1.165, 1.54) is 24.2 Å². The highest BCUT2D eigenvalue weighted by Gasteiger charge is 2.15. The van der Waals surface area contributed by atoms with Gasteiger partial charge in [0.15, 0.2) is 0 Å². The lowest BCUT2D eigenvalue weighted by atomic mass is 10.0. The third-order valence-corrected chi connectivity index (χ3v) is 4.36. The maximum absolute atomic E-state index is 2.40. The molecule has 1 heterocycles. The van der Waals surface area contributed by atoms with Gasteiger partial charge in [0.1, 0.15) is 0 Å². The van der Waals surface area contributed by atoms with Gasteiger partial charge < -0.3 is 14.7 Å². The lowest BCUT2D eigenvalue weighted by Crippen LogP contribution is -2.34. The van der Waals surface area contributed by atoms with E-state index in [9.17, 15) is 0 Å². The molecule has 116 valence electrons. The van der Waals surface area contributed by atoms with Gasteiger partial charge in [-0.15, -0.1) is 0 Å². The number of rotatable bonds is 6. The third kappa shape index (κ3) is 4.69. The summed E-state index contributed by atoms with van der Waals surface area (Å²) in [5.74, 6) is 0.705. The predicted octanol–water partition coefficient (Wildman–Crippen LogP) is 3.26. The van der Waals surface area contributed by atoms with E-state index in [1.807, 2.05) is 0 Å². The van der Waals surface area contributed by atoms with Crippen molar-refractivity contribution in [2.75, 3.05) is 45.7 Å². The molecule has 0 saturated carbocycles. The zero-order chi connectivity index (χ0) is 15.2. The van der Waals surface area contributed by atoms with Crippen molar-refractivity contribution in [2.45, 2.75) is 19.8 Å².